The van der Waals surface area contributed by atoms with Gasteiger partial charge in [-0.15, -0.1) is 0 Å². The summed E-state index contributed by atoms with van der Waals surface area (Å²) in [4.78, 5) is 0. The SMILES string of the molecule is CC1=CC=C(C)[C]1([Ti+3])[Si](c1cccc(C(C)C)c1)(c1cccc(C(C)C)c1)c1cccc(C(C)C)c1.[Cl-].[Cl-].[Cl-]. The molecule has 0 N–H and O–H groups in total. The van der Waals surface area contributed by atoms with Crippen molar-refractivity contribution in [2.45, 2.75) is 76.5 Å². The van der Waals surface area contributed by atoms with E-state index < -0.39 is 8.07 Å². The van der Waals surface area contributed by atoms with Crippen molar-refractivity contribution in [3.63, 3.8) is 0 Å². The predicted molar refractivity (Wildman–Crippen MR) is 156 cm³/mol. The molecule has 0 aliphatic heterocycles. The molecule has 0 atom stereocenters. The van der Waals surface area contributed by atoms with Gasteiger partial charge in [0.05, 0.1) is 0 Å². The van der Waals surface area contributed by atoms with E-state index in [1.165, 1.54) is 43.4 Å². The minimum atomic E-state index is -2.61. The van der Waals surface area contributed by atoms with Crippen molar-refractivity contribution in [2.24, 2.45) is 0 Å². The van der Waals surface area contributed by atoms with Crippen molar-refractivity contribution in [2.75, 3.05) is 0 Å². The smallest absolute Gasteiger partial charge is 1.00 e. The Morgan fingerprint density at radius 2 is 0.821 bits per heavy atom. The molecule has 5 heteroatoms. The molecule has 0 saturated carbocycles. The average Bonchev–Trinajstić information content (AvgIpc) is 3.13. The summed E-state index contributed by atoms with van der Waals surface area (Å²) in [7, 11) is -2.61. The second-order valence-corrected chi connectivity index (χ2v) is 17.5. The monoisotopic (exact) mass is 630 g/mol. The quantitative estimate of drug-likeness (QED) is 0.225. The molecule has 0 fully saturated rings. The third kappa shape index (κ3) is 6.25. The molecule has 0 saturated heterocycles. The number of hydrogen-bond acceptors (Lipinski definition) is 0. The van der Waals surface area contributed by atoms with Gasteiger partial charge in [-0.25, -0.2) is 0 Å². The van der Waals surface area contributed by atoms with E-state index in [1.807, 2.05) is 0 Å². The number of hydrogen-bond donors (Lipinski definition) is 0. The van der Waals surface area contributed by atoms with Crippen LogP contribution < -0.4 is 52.8 Å². The van der Waals surface area contributed by atoms with E-state index in [1.54, 1.807) is 0 Å². The second kappa shape index (κ2) is 14.2. The largest absolute Gasteiger partial charge is 1.00 e. The zero-order chi connectivity index (χ0) is 26.3. The second-order valence-electron chi connectivity index (χ2n) is 11.5. The third-order valence-electron chi connectivity index (χ3n) is 8.29. The molecule has 3 aromatic rings. The Kier molecular flexibility index (Phi) is 13.1. The summed E-state index contributed by atoms with van der Waals surface area (Å²) in [5.74, 6) is 1.47. The third-order valence-corrected chi connectivity index (χ3v) is 16.7. The standard InChI is InChI=1S/C34H41Si.3ClH.Ti/c1-23(2)28-12-9-15-31(20-28)35(34-26(7)18-19-27(34)8,32-16-10-13-29(21-32)24(3)4)33-17-11-14-30(22-33)25(5)6;;;;/h9-25H,1-8H3;3*1H;/q;;;;+3/p-3. The summed E-state index contributed by atoms with van der Waals surface area (Å²) in [5.41, 5.74) is 7.23. The first-order chi connectivity index (χ1) is 17.0. The van der Waals surface area contributed by atoms with Crippen LogP contribution in [0.4, 0.5) is 0 Å². The molecule has 39 heavy (non-hydrogen) atoms. The van der Waals surface area contributed by atoms with Crippen molar-refractivity contribution < 1.29 is 57.7 Å². The fourth-order valence-electron chi connectivity index (χ4n) is 5.95. The molecule has 1 aliphatic carbocycles. The van der Waals surface area contributed by atoms with Crippen molar-refractivity contribution in [1.82, 2.24) is 0 Å². The predicted octanol–water partition coefficient (Wildman–Crippen LogP) is -1.31. The fraction of sp³-hybridized carbons (Fsp3) is 0.353. The van der Waals surface area contributed by atoms with Crippen LogP contribution in [0.5, 0.6) is 0 Å². The maximum absolute atomic E-state index is 2.61. The Labute approximate surface area is 268 Å². The summed E-state index contributed by atoms with van der Waals surface area (Å²) in [6, 6.07) is 28.8. The van der Waals surface area contributed by atoms with Crippen molar-refractivity contribution in [1.29, 1.82) is 0 Å². The van der Waals surface area contributed by atoms with E-state index in [0.29, 0.717) is 17.8 Å². The molecule has 0 unspecified atom stereocenters. The van der Waals surface area contributed by atoms with Crippen LogP contribution in [0.15, 0.2) is 96.1 Å². The van der Waals surface area contributed by atoms with Gasteiger partial charge in [-0.2, -0.15) is 0 Å². The van der Waals surface area contributed by atoms with Gasteiger partial charge in [-0.05, 0) is 0 Å². The number of rotatable bonds is 7. The van der Waals surface area contributed by atoms with Crippen LogP contribution in [-0.2, 0) is 20.4 Å². The molecule has 0 bridgehead atoms. The van der Waals surface area contributed by atoms with E-state index >= 15 is 0 Å². The van der Waals surface area contributed by atoms with Crippen LogP contribution in [0, 0.1) is 0 Å². The molecule has 0 amide bonds. The van der Waals surface area contributed by atoms with Gasteiger partial charge < -0.3 is 37.2 Å². The molecule has 0 heterocycles. The maximum Gasteiger partial charge on any atom is -1.00 e. The Morgan fingerprint density at radius 3 is 1.08 bits per heavy atom. The van der Waals surface area contributed by atoms with Crippen LogP contribution in [0.2, 0.25) is 3.34 Å². The number of allylic oxidation sites excluding steroid dienone is 4. The Bertz CT molecular complexity index is 1180. The molecule has 4 rings (SSSR count). The molecule has 0 aromatic heterocycles. The van der Waals surface area contributed by atoms with Crippen LogP contribution in [-0.4, -0.2) is 8.07 Å². The molecular formula is C34H41Cl3SiTi. The molecule has 3 aromatic carbocycles. The van der Waals surface area contributed by atoms with Gasteiger partial charge in [0.15, 0.2) is 0 Å². The van der Waals surface area contributed by atoms with E-state index in [0.717, 1.165) is 0 Å². The van der Waals surface area contributed by atoms with E-state index in [9.17, 15) is 0 Å². The summed E-state index contributed by atoms with van der Waals surface area (Å²) < 4.78 is -0.0617. The summed E-state index contributed by atoms with van der Waals surface area (Å²) in [5, 5.41) is 4.54. The minimum absolute atomic E-state index is 0. The van der Waals surface area contributed by atoms with E-state index in [2.05, 4.69) is 161 Å². The van der Waals surface area contributed by atoms with Crippen LogP contribution >= 0.6 is 0 Å². The minimum Gasteiger partial charge on any atom is -1.00 e. The van der Waals surface area contributed by atoms with Gasteiger partial charge in [0.2, 0.25) is 0 Å². The topological polar surface area (TPSA) is 0 Å². The number of benzene rings is 3. The van der Waals surface area contributed by atoms with Gasteiger partial charge in [-0.1, -0.05) is 0 Å². The van der Waals surface area contributed by atoms with Gasteiger partial charge in [-0.3, -0.25) is 0 Å². The summed E-state index contributed by atoms with van der Waals surface area (Å²) in [6.07, 6.45) is 4.75. The maximum atomic E-state index is 2.55. The number of halogens is 3. The first-order valence-corrected chi connectivity index (χ1v) is 16.2. The van der Waals surface area contributed by atoms with Crippen molar-refractivity contribution >= 4 is 23.6 Å². The van der Waals surface area contributed by atoms with Gasteiger partial charge >= 0.3 is 233 Å². The average molecular weight is 632 g/mol. The summed E-state index contributed by atoms with van der Waals surface area (Å²) in [6.45, 7) is 18.6. The molecule has 0 nitrogen and oxygen atoms in total. The van der Waals surface area contributed by atoms with Crippen LogP contribution in [0.1, 0.15) is 89.8 Å². The molecular weight excluding hydrogens is 591 g/mol. The summed E-state index contributed by atoms with van der Waals surface area (Å²) >= 11 is 2.54. The van der Waals surface area contributed by atoms with Crippen molar-refractivity contribution in [3.8, 4) is 0 Å². The van der Waals surface area contributed by atoms with Crippen LogP contribution in [0.25, 0.3) is 0 Å². The first-order valence-electron chi connectivity index (χ1n) is 13.5. The Morgan fingerprint density at radius 1 is 0.538 bits per heavy atom. The van der Waals surface area contributed by atoms with Crippen LogP contribution in [0.3, 0.4) is 0 Å². The molecule has 0 radical (unpaired) electrons. The Balaban J connectivity index is 0.00000253. The zero-order valence-corrected chi connectivity index (χ0v) is 29.3. The molecule has 206 valence electrons. The zero-order valence-electron chi connectivity index (χ0n) is 24.4. The first kappa shape index (κ1) is 36.0. The van der Waals surface area contributed by atoms with Gasteiger partial charge in [0.1, 0.15) is 0 Å². The molecule has 0 spiro atoms. The molecule has 1 aliphatic rings. The fourth-order valence-corrected chi connectivity index (χ4v) is 14.1. The van der Waals surface area contributed by atoms with E-state index in [-0.39, 0.29) is 40.6 Å². The van der Waals surface area contributed by atoms with Crippen molar-refractivity contribution in [3.05, 3.63) is 113 Å². The normalized spacial score (nSPS) is 14.4. The van der Waals surface area contributed by atoms with E-state index in [4.69, 9.17) is 0 Å². The van der Waals surface area contributed by atoms with Gasteiger partial charge in [0.25, 0.3) is 0 Å². The van der Waals surface area contributed by atoms with Gasteiger partial charge in [0, 0.05) is 0 Å². The Hall–Kier alpha value is -1.06.